The molecule has 1 fully saturated rings. The van der Waals surface area contributed by atoms with E-state index in [0.29, 0.717) is 5.69 Å². The van der Waals surface area contributed by atoms with E-state index in [1.807, 2.05) is 14.0 Å². The van der Waals surface area contributed by atoms with E-state index in [9.17, 15) is 8.42 Å². The normalized spacial score (nSPS) is 24.6. The summed E-state index contributed by atoms with van der Waals surface area (Å²) in [7, 11) is -1.59. The molecule has 8 heteroatoms. The third-order valence-electron chi connectivity index (χ3n) is 3.64. The summed E-state index contributed by atoms with van der Waals surface area (Å²) in [6.45, 7) is 3.81. The number of nitrogens with two attached hydrogens (primary N) is 1. The number of rotatable bonds is 4. The minimum Gasteiger partial charge on any atom is -0.323 e. The number of anilines is 1. The highest BCUT2D eigenvalue weighted by Crippen LogP contribution is 2.22. The molecule has 2 atom stereocenters. The molecule has 0 saturated carbocycles. The molecule has 112 valence electrons. The Bertz CT molecular complexity index is 563. The van der Waals surface area contributed by atoms with Gasteiger partial charge in [-0.05, 0) is 32.0 Å². The standard InChI is InChI=1S/C12H21N5O2S/c1-9-8-17(2)6-4-10(9)16-20(18,19)12-7-14-5-3-11(12)15-13/h3,5,7,9-10,16H,4,6,8,13H2,1-2H3,(H,14,15). The van der Waals surface area contributed by atoms with Crippen LogP contribution in [0.15, 0.2) is 23.4 Å². The third-order valence-corrected chi connectivity index (χ3v) is 5.16. The molecule has 0 radical (unpaired) electrons. The van der Waals surface area contributed by atoms with E-state index < -0.39 is 10.0 Å². The van der Waals surface area contributed by atoms with Crippen molar-refractivity contribution in [1.29, 1.82) is 0 Å². The van der Waals surface area contributed by atoms with Crippen LogP contribution in [0.5, 0.6) is 0 Å². The Morgan fingerprint density at radius 3 is 2.90 bits per heavy atom. The van der Waals surface area contributed by atoms with Crippen molar-refractivity contribution >= 4 is 15.7 Å². The molecule has 4 N–H and O–H groups in total. The van der Waals surface area contributed by atoms with E-state index >= 15 is 0 Å². The lowest BCUT2D eigenvalue weighted by Crippen LogP contribution is -2.48. The predicted molar refractivity (Wildman–Crippen MR) is 77.4 cm³/mol. The van der Waals surface area contributed by atoms with Crippen LogP contribution in [0.2, 0.25) is 0 Å². The second-order valence-corrected chi connectivity index (χ2v) is 6.95. The number of pyridine rings is 1. The van der Waals surface area contributed by atoms with Gasteiger partial charge in [0.1, 0.15) is 4.90 Å². The first-order chi connectivity index (χ1) is 9.44. The fourth-order valence-corrected chi connectivity index (χ4v) is 4.00. The van der Waals surface area contributed by atoms with Crippen molar-refractivity contribution in [3.05, 3.63) is 18.5 Å². The van der Waals surface area contributed by atoms with Crippen LogP contribution < -0.4 is 16.0 Å². The Hall–Kier alpha value is -1.22. The predicted octanol–water partition coefficient (Wildman–Crippen LogP) is -0.0143. The molecular weight excluding hydrogens is 278 g/mol. The highest BCUT2D eigenvalue weighted by atomic mass is 32.2. The molecule has 0 bridgehead atoms. The molecular formula is C12H21N5O2S. The number of sulfonamides is 1. The van der Waals surface area contributed by atoms with Crippen LogP contribution in [0.4, 0.5) is 5.69 Å². The van der Waals surface area contributed by atoms with E-state index in [4.69, 9.17) is 5.84 Å². The van der Waals surface area contributed by atoms with Gasteiger partial charge in [-0.3, -0.25) is 10.8 Å². The van der Waals surface area contributed by atoms with Crippen LogP contribution in [0.25, 0.3) is 0 Å². The maximum Gasteiger partial charge on any atom is 0.244 e. The van der Waals surface area contributed by atoms with Gasteiger partial charge in [0, 0.05) is 25.0 Å². The number of hydrogen-bond donors (Lipinski definition) is 3. The molecule has 1 saturated heterocycles. The molecule has 1 aliphatic rings. The number of aromatic nitrogens is 1. The van der Waals surface area contributed by atoms with Crippen molar-refractivity contribution in [2.24, 2.45) is 11.8 Å². The summed E-state index contributed by atoms with van der Waals surface area (Å²) in [5.74, 6) is 5.61. The molecule has 0 aliphatic carbocycles. The van der Waals surface area contributed by atoms with Crippen molar-refractivity contribution < 1.29 is 8.42 Å². The molecule has 0 amide bonds. The van der Waals surface area contributed by atoms with Gasteiger partial charge in [0.15, 0.2) is 0 Å². The first-order valence-corrected chi connectivity index (χ1v) is 8.04. The molecule has 2 heterocycles. The zero-order valence-corrected chi connectivity index (χ0v) is 12.5. The Labute approximate surface area is 119 Å². The minimum atomic E-state index is -3.63. The highest BCUT2D eigenvalue weighted by Gasteiger charge is 2.29. The van der Waals surface area contributed by atoms with Crippen LogP contribution in [0, 0.1) is 5.92 Å². The fraction of sp³-hybridized carbons (Fsp3) is 0.583. The van der Waals surface area contributed by atoms with Gasteiger partial charge in [-0.2, -0.15) is 0 Å². The zero-order chi connectivity index (χ0) is 14.8. The smallest absolute Gasteiger partial charge is 0.244 e. The summed E-state index contributed by atoms with van der Waals surface area (Å²) in [5, 5.41) is 0. The number of piperidine rings is 1. The second kappa shape index (κ2) is 6.04. The summed E-state index contributed by atoms with van der Waals surface area (Å²) in [6, 6.07) is 1.47. The number of hydrogen-bond acceptors (Lipinski definition) is 6. The number of likely N-dealkylation sites (tertiary alicyclic amines) is 1. The van der Waals surface area contributed by atoms with E-state index in [2.05, 4.69) is 20.0 Å². The van der Waals surface area contributed by atoms with Crippen molar-refractivity contribution in [1.82, 2.24) is 14.6 Å². The molecule has 2 rings (SSSR count). The average Bonchev–Trinajstić information content (AvgIpc) is 2.42. The Morgan fingerprint density at radius 2 is 2.25 bits per heavy atom. The first-order valence-electron chi connectivity index (χ1n) is 6.55. The van der Waals surface area contributed by atoms with Crippen molar-refractivity contribution in [2.45, 2.75) is 24.3 Å². The first kappa shape index (κ1) is 15.2. The van der Waals surface area contributed by atoms with Crippen LogP contribution in [-0.4, -0.2) is 44.5 Å². The quantitative estimate of drug-likeness (QED) is 0.534. The lowest BCUT2D eigenvalue weighted by Gasteiger charge is -2.35. The van der Waals surface area contributed by atoms with E-state index in [0.717, 1.165) is 19.5 Å². The number of hydrazine groups is 1. The molecule has 1 aromatic rings. The lowest BCUT2D eigenvalue weighted by atomic mass is 9.95. The second-order valence-electron chi connectivity index (χ2n) is 5.27. The lowest BCUT2D eigenvalue weighted by molar-refractivity contribution is 0.188. The van der Waals surface area contributed by atoms with Crippen LogP contribution in [-0.2, 0) is 10.0 Å². The van der Waals surface area contributed by atoms with Gasteiger partial charge in [-0.25, -0.2) is 13.1 Å². The monoisotopic (exact) mass is 299 g/mol. The van der Waals surface area contributed by atoms with Gasteiger partial charge >= 0.3 is 0 Å². The Morgan fingerprint density at radius 1 is 1.50 bits per heavy atom. The number of nitrogen functional groups attached to an aromatic ring is 1. The Balaban J connectivity index is 2.19. The third kappa shape index (κ3) is 3.26. The molecule has 0 spiro atoms. The maximum atomic E-state index is 12.4. The number of nitrogens with one attached hydrogen (secondary N) is 2. The highest BCUT2D eigenvalue weighted by molar-refractivity contribution is 7.89. The molecule has 20 heavy (non-hydrogen) atoms. The SMILES string of the molecule is CC1CN(C)CCC1NS(=O)(=O)c1cnccc1NN. The van der Waals surface area contributed by atoms with Crippen molar-refractivity contribution in [3.63, 3.8) is 0 Å². The molecule has 1 aromatic heterocycles. The summed E-state index contributed by atoms with van der Waals surface area (Å²) in [6.07, 6.45) is 3.59. The van der Waals surface area contributed by atoms with Crippen LogP contribution in [0.1, 0.15) is 13.3 Å². The van der Waals surface area contributed by atoms with Crippen LogP contribution >= 0.6 is 0 Å². The van der Waals surface area contributed by atoms with Gasteiger partial charge in [0.2, 0.25) is 10.0 Å². The van der Waals surface area contributed by atoms with Gasteiger partial charge in [-0.1, -0.05) is 6.92 Å². The number of nitrogens with zero attached hydrogens (tertiary/aromatic N) is 2. The summed E-state index contributed by atoms with van der Waals surface area (Å²) in [4.78, 5) is 6.14. The molecule has 0 aromatic carbocycles. The largest absolute Gasteiger partial charge is 0.323 e. The summed E-state index contributed by atoms with van der Waals surface area (Å²) >= 11 is 0. The van der Waals surface area contributed by atoms with E-state index in [1.165, 1.54) is 18.5 Å². The maximum absolute atomic E-state index is 12.4. The van der Waals surface area contributed by atoms with Crippen molar-refractivity contribution in [3.8, 4) is 0 Å². The van der Waals surface area contributed by atoms with Gasteiger partial charge in [0.05, 0.1) is 5.69 Å². The van der Waals surface area contributed by atoms with Crippen molar-refractivity contribution in [2.75, 3.05) is 25.6 Å². The molecule has 1 aliphatic heterocycles. The fourth-order valence-electron chi connectivity index (χ4n) is 2.51. The summed E-state index contributed by atoms with van der Waals surface area (Å²) in [5.41, 5.74) is 2.73. The van der Waals surface area contributed by atoms with Gasteiger partial charge in [0.25, 0.3) is 0 Å². The van der Waals surface area contributed by atoms with Gasteiger partial charge in [-0.15, -0.1) is 0 Å². The zero-order valence-electron chi connectivity index (χ0n) is 11.7. The minimum absolute atomic E-state index is 0.0676. The van der Waals surface area contributed by atoms with Crippen LogP contribution in [0.3, 0.4) is 0 Å². The molecule has 7 nitrogen and oxygen atoms in total. The molecule has 2 unspecified atom stereocenters. The Kier molecular flexibility index (Phi) is 4.59. The topological polar surface area (TPSA) is 100 Å². The summed E-state index contributed by atoms with van der Waals surface area (Å²) < 4.78 is 27.7. The van der Waals surface area contributed by atoms with E-state index in [1.54, 1.807) is 0 Å². The average molecular weight is 299 g/mol. The van der Waals surface area contributed by atoms with E-state index in [-0.39, 0.29) is 16.9 Å². The van der Waals surface area contributed by atoms with Gasteiger partial charge < -0.3 is 10.3 Å².